The van der Waals surface area contributed by atoms with E-state index in [2.05, 4.69) is 10.3 Å². The quantitative estimate of drug-likeness (QED) is 0.674. The molecule has 0 unspecified atom stereocenters. The molecule has 90 valence electrons. The number of aromatic nitrogens is 1. The molecule has 1 rings (SSSR count). The summed E-state index contributed by atoms with van der Waals surface area (Å²) in [5.41, 5.74) is 6.24. The molecule has 0 fully saturated rings. The summed E-state index contributed by atoms with van der Waals surface area (Å²) < 4.78 is 0. The highest BCUT2D eigenvalue weighted by Gasteiger charge is 2.25. The Labute approximate surface area is 96.6 Å². The monoisotopic (exact) mass is 223 g/mol. The molecule has 0 atom stereocenters. The van der Waals surface area contributed by atoms with Gasteiger partial charge in [-0.1, -0.05) is 13.8 Å². The summed E-state index contributed by atoms with van der Waals surface area (Å²) in [6, 6.07) is 3.96. The van der Waals surface area contributed by atoms with E-state index < -0.39 is 0 Å². The molecule has 0 saturated carbocycles. The molecule has 1 aromatic heterocycles. The number of H-pyrrole nitrogens is 1. The first kappa shape index (κ1) is 12.8. The fourth-order valence-corrected chi connectivity index (χ4v) is 1.55. The molecule has 1 aromatic rings. The Morgan fingerprint density at radius 1 is 1.56 bits per heavy atom. The number of amides is 1. The number of rotatable bonds is 6. The predicted octanol–water partition coefficient (Wildman–Crippen LogP) is 1.05. The van der Waals surface area contributed by atoms with Gasteiger partial charge in [0.1, 0.15) is 0 Å². The SMILES string of the molecule is CC(C)(CCN)C(=O)NCCc1ccc[nH]1. The van der Waals surface area contributed by atoms with Crippen LogP contribution < -0.4 is 11.1 Å². The summed E-state index contributed by atoms with van der Waals surface area (Å²) in [6.07, 6.45) is 3.42. The highest BCUT2D eigenvalue weighted by molar-refractivity contribution is 5.81. The van der Waals surface area contributed by atoms with Crippen molar-refractivity contribution in [2.45, 2.75) is 26.7 Å². The fraction of sp³-hybridized carbons (Fsp3) is 0.583. The number of nitrogens with two attached hydrogens (primary N) is 1. The highest BCUT2D eigenvalue weighted by atomic mass is 16.2. The summed E-state index contributed by atoms with van der Waals surface area (Å²) in [4.78, 5) is 14.9. The van der Waals surface area contributed by atoms with Gasteiger partial charge >= 0.3 is 0 Å². The number of carbonyl (C=O) groups is 1. The van der Waals surface area contributed by atoms with E-state index in [4.69, 9.17) is 5.73 Å². The van der Waals surface area contributed by atoms with Gasteiger partial charge < -0.3 is 16.0 Å². The third-order valence-corrected chi connectivity index (χ3v) is 2.73. The van der Waals surface area contributed by atoms with E-state index in [1.807, 2.05) is 32.2 Å². The maximum Gasteiger partial charge on any atom is 0.225 e. The summed E-state index contributed by atoms with van der Waals surface area (Å²) >= 11 is 0. The average molecular weight is 223 g/mol. The first-order chi connectivity index (χ1) is 7.56. The number of hydrogen-bond acceptors (Lipinski definition) is 2. The van der Waals surface area contributed by atoms with Crippen LogP contribution in [0.3, 0.4) is 0 Å². The second-order valence-electron chi connectivity index (χ2n) is 4.62. The molecule has 4 heteroatoms. The zero-order valence-corrected chi connectivity index (χ0v) is 10.0. The predicted molar refractivity (Wildman–Crippen MR) is 65.0 cm³/mol. The van der Waals surface area contributed by atoms with Crippen LogP contribution in [-0.2, 0) is 11.2 Å². The maximum atomic E-state index is 11.8. The third-order valence-electron chi connectivity index (χ3n) is 2.73. The van der Waals surface area contributed by atoms with E-state index >= 15 is 0 Å². The Morgan fingerprint density at radius 3 is 2.88 bits per heavy atom. The fourth-order valence-electron chi connectivity index (χ4n) is 1.55. The van der Waals surface area contributed by atoms with Crippen molar-refractivity contribution < 1.29 is 4.79 Å². The van der Waals surface area contributed by atoms with E-state index in [1.54, 1.807) is 0 Å². The minimum Gasteiger partial charge on any atom is -0.365 e. The third kappa shape index (κ3) is 3.70. The van der Waals surface area contributed by atoms with Gasteiger partial charge in [-0.3, -0.25) is 4.79 Å². The van der Waals surface area contributed by atoms with E-state index in [0.29, 0.717) is 19.5 Å². The molecule has 1 amide bonds. The standard InChI is InChI=1S/C12H21N3O/c1-12(2,6-7-13)11(16)15-9-5-10-4-3-8-14-10/h3-4,8,14H,5-7,9,13H2,1-2H3,(H,15,16). The van der Waals surface area contributed by atoms with Gasteiger partial charge in [-0.25, -0.2) is 0 Å². The van der Waals surface area contributed by atoms with Crippen molar-refractivity contribution in [3.8, 4) is 0 Å². The molecule has 4 nitrogen and oxygen atoms in total. The Balaban J connectivity index is 2.30. The first-order valence-corrected chi connectivity index (χ1v) is 5.67. The molecule has 0 aliphatic rings. The lowest BCUT2D eigenvalue weighted by molar-refractivity contribution is -0.129. The summed E-state index contributed by atoms with van der Waals surface area (Å²) in [6.45, 7) is 5.04. The molecule has 0 aliphatic carbocycles. The van der Waals surface area contributed by atoms with Gasteiger partial charge in [0.05, 0.1) is 0 Å². The molecule has 0 aromatic carbocycles. The summed E-state index contributed by atoms with van der Waals surface area (Å²) in [5.74, 6) is 0.0736. The van der Waals surface area contributed by atoms with Crippen molar-refractivity contribution in [1.29, 1.82) is 0 Å². The molecule has 16 heavy (non-hydrogen) atoms. The molecule has 0 spiro atoms. The maximum absolute atomic E-state index is 11.8. The average Bonchev–Trinajstić information content (AvgIpc) is 2.70. The zero-order chi connectivity index (χ0) is 12.0. The van der Waals surface area contributed by atoms with Crippen molar-refractivity contribution in [3.63, 3.8) is 0 Å². The van der Waals surface area contributed by atoms with Gasteiger partial charge in [-0.15, -0.1) is 0 Å². The molecule has 0 bridgehead atoms. The van der Waals surface area contributed by atoms with Gasteiger partial charge in [0, 0.05) is 30.3 Å². The molecular formula is C12H21N3O. The van der Waals surface area contributed by atoms with Crippen LogP contribution in [0.4, 0.5) is 0 Å². The molecule has 1 heterocycles. The van der Waals surface area contributed by atoms with Crippen LogP contribution in [0.15, 0.2) is 18.3 Å². The van der Waals surface area contributed by atoms with Crippen molar-refractivity contribution in [2.24, 2.45) is 11.1 Å². The van der Waals surface area contributed by atoms with E-state index in [1.165, 1.54) is 0 Å². The van der Waals surface area contributed by atoms with Crippen molar-refractivity contribution in [1.82, 2.24) is 10.3 Å². The second kappa shape index (κ2) is 5.70. The van der Waals surface area contributed by atoms with Crippen molar-refractivity contribution >= 4 is 5.91 Å². The van der Waals surface area contributed by atoms with E-state index in [9.17, 15) is 4.79 Å². The van der Waals surface area contributed by atoms with Crippen LogP contribution in [0.1, 0.15) is 26.0 Å². The highest BCUT2D eigenvalue weighted by Crippen LogP contribution is 2.18. The molecule has 0 radical (unpaired) electrons. The van der Waals surface area contributed by atoms with Gasteiger partial charge in [0.2, 0.25) is 5.91 Å². The number of nitrogens with one attached hydrogen (secondary N) is 2. The van der Waals surface area contributed by atoms with Crippen LogP contribution >= 0.6 is 0 Å². The van der Waals surface area contributed by atoms with Crippen LogP contribution in [0.2, 0.25) is 0 Å². The van der Waals surface area contributed by atoms with Crippen LogP contribution in [0, 0.1) is 5.41 Å². The van der Waals surface area contributed by atoms with Gasteiger partial charge in [-0.2, -0.15) is 0 Å². The zero-order valence-electron chi connectivity index (χ0n) is 10.0. The molecular weight excluding hydrogens is 202 g/mol. The molecule has 4 N–H and O–H groups in total. The number of aromatic amines is 1. The topological polar surface area (TPSA) is 70.9 Å². The van der Waals surface area contributed by atoms with Crippen molar-refractivity contribution in [3.05, 3.63) is 24.0 Å². The Hall–Kier alpha value is -1.29. The number of carbonyl (C=O) groups excluding carboxylic acids is 1. The lowest BCUT2D eigenvalue weighted by Crippen LogP contribution is -2.39. The second-order valence-corrected chi connectivity index (χ2v) is 4.62. The van der Waals surface area contributed by atoms with Crippen LogP contribution in [0.25, 0.3) is 0 Å². The first-order valence-electron chi connectivity index (χ1n) is 5.67. The minimum atomic E-state index is -0.371. The smallest absolute Gasteiger partial charge is 0.225 e. The lowest BCUT2D eigenvalue weighted by atomic mass is 9.88. The van der Waals surface area contributed by atoms with Gasteiger partial charge in [0.25, 0.3) is 0 Å². The number of hydrogen-bond donors (Lipinski definition) is 3. The minimum absolute atomic E-state index is 0.0736. The summed E-state index contributed by atoms with van der Waals surface area (Å²) in [5, 5.41) is 2.93. The van der Waals surface area contributed by atoms with Crippen LogP contribution in [-0.4, -0.2) is 24.0 Å². The molecule has 0 aliphatic heterocycles. The normalized spacial score (nSPS) is 11.4. The van der Waals surface area contributed by atoms with Crippen molar-refractivity contribution in [2.75, 3.05) is 13.1 Å². The molecule has 0 saturated heterocycles. The van der Waals surface area contributed by atoms with Gasteiger partial charge in [-0.05, 0) is 25.1 Å². The summed E-state index contributed by atoms with van der Waals surface area (Å²) in [7, 11) is 0. The lowest BCUT2D eigenvalue weighted by Gasteiger charge is -2.22. The largest absolute Gasteiger partial charge is 0.365 e. The Bertz CT molecular complexity index is 317. The van der Waals surface area contributed by atoms with Gasteiger partial charge in [0.15, 0.2) is 0 Å². The van der Waals surface area contributed by atoms with E-state index in [-0.39, 0.29) is 11.3 Å². The van der Waals surface area contributed by atoms with Crippen LogP contribution in [0.5, 0.6) is 0 Å². The van der Waals surface area contributed by atoms with E-state index in [0.717, 1.165) is 12.1 Å². The Kier molecular flexibility index (Phi) is 4.55. The Morgan fingerprint density at radius 2 is 2.31 bits per heavy atom.